The van der Waals surface area contributed by atoms with Crippen LogP contribution in [0.4, 0.5) is 17.1 Å². The molecule has 8 aromatic carbocycles. The minimum absolute atomic E-state index is 0.0254. The summed E-state index contributed by atoms with van der Waals surface area (Å²) >= 11 is 0. The molecule has 0 radical (unpaired) electrons. The summed E-state index contributed by atoms with van der Waals surface area (Å²) in [4.78, 5) is 2.42. The molecule has 0 unspecified atom stereocenters. The third kappa shape index (κ3) is 4.36. The predicted molar refractivity (Wildman–Crippen MR) is 219 cm³/mol. The van der Waals surface area contributed by atoms with Gasteiger partial charge in [-0.3, -0.25) is 0 Å². The highest BCUT2D eigenvalue weighted by molar-refractivity contribution is 6.98. The number of para-hydroxylation sites is 3. The quantitative estimate of drug-likeness (QED) is 0.173. The van der Waals surface area contributed by atoms with Crippen LogP contribution in [-0.2, 0) is 5.41 Å². The van der Waals surface area contributed by atoms with E-state index in [1.807, 2.05) is 0 Å². The molecule has 3 aliphatic rings. The van der Waals surface area contributed by atoms with E-state index in [4.69, 9.17) is 9.47 Å². The number of ether oxygens (including phenoxy) is 2. The molecule has 4 heteroatoms. The molecule has 3 nitrogen and oxygen atoms in total. The van der Waals surface area contributed by atoms with Gasteiger partial charge in [0.2, 0.25) is 0 Å². The van der Waals surface area contributed by atoms with Crippen LogP contribution in [0.5, 0.6) is 23.0 Å². The average molecular weight is 680 g/mol. The first-order valence-corrected chi connectivity index (χ1v) is 18.4. The maximum absolute atomic E-state index is 7.04. The van der Waals surface area contributed by atoms with Crippen molar-refractivity contribution in [3.05, 3.63) is 181 Å². The minimum atomic E-state index is -0.379. The van der Waals surface area contributed by atoms with Gasteiger partial charge in [0.25, 0.3) is 6.71 Å². The van der Waals surface area contributed by atoms with E-state index < -0.39 is 0 Å². The Bertz CT molecular complexity index is 2760. The van der Waals surface area contributed by atoms with Crippen LogP contribution in [0.3, 0.4) is 0 Å². The van der Waals surface area contributed by atoms with Gasteiger partial charge in [0.1, 0.15) is 23.0 Å². The number of anilines is 3. The normalized spacial score (nSPS) is 13.9. The van der Waals surface area contributed by atoms with Crippen molar-refractivity contribution in [2.45, 2.75) is 19.3 Å². The van der Waals surface area contributed by atoms with Crippen LogP contribution in [0.2, 0.25) is 0 Å². The summed E-state index contributed by atoms with van der Waals surface area (Å²) in [5.41, 5.74) is 13.7. The Balaban J connectivity index is 1.17. The van der Waals surface area contributed by atoms with Crippen LogP contribution >= 0.6 is 0 Å². The van der Waals surface area contributed by atoms with Crippen LogP contribution in [-0.4, -0.2) is 6.71 Å². The highest BCUT2D eigenvalue weighted by atomic mass is 16.5. The van der Waals surface area contributed by atoms with Crippen molar-refractivity contribution >= 4 is 50.9 Å². The highest BCUT2D eigenvalue weighted by Crippen LogP contribution is 2.58. The molecule has 53 heavy (non-hydrogen) atoms. The van der Waals surface area contributed by atoms with Crippen molar-refractivity contribution in [2.24, 2.45) is 0 Å². The molecule has 0 bridgehead atoms. The Morgan fingerprint density at radius 1 is 0.509 bits per heavy atom. The van der Waals surface area contributed by atoms with E-state index in [-0.39, 0.29) is 12.1 Å². The molecule has 0 saturated heterocycles. The van der Waals surface area contributed by atoms with Gasteiger partial charge in [-0.25, -0.2) is 0 Å². The molecule has 2 heterocycles. The molecule has 0 atom stereocenters. The molecule has 0 N–H and O–H groups in total. The summed E-state index contributed by atoms with van der Waals surface area (Å²) in [6.07, 6.45) is 0. The fraction of sp³-hybridized carbons (Fsp3) is 0.0612. The van der Waals surface area contributed by atoms with Gasteiger partial charge in [-0.2, -0.15) is 0 Å². The van der Waals surface area contributed by atoms with E-state index in [0.29, 0.717) is 0 Å². The molecule has 1 aliphatic carbocycles. The molecule has 250 valence electrons. The van der Waals surface area contributed by atoms with Gasteiger partial charge in [0, 0.05) is 33.2 Å². The number of benzene rings is 8. The molecule has 11 rings (SSSR count). The second-order valence-corrected chi connectivity index (χ2v) is 14.8. The van der Waals surface area contributed by atoms with Crippen molar-refractivity contribution in [2.75, 3.05) is 4.90 Å². The van der Waals surface area contributed by atoms with E-state index in [1.165, 1.54) is 55.1 Å². The maximum atomic E-state index is 7.04. The predicted octanol–water partition coefficient (Wildman–Crippen LogP) is 11.0. The second-order valence-electron chi connectivity index (χ2n) is 14.8. The summed E-state index contributed by atoms with van der Waals surface area (Å²) < 4.78 is 13.8. The highest BCUT2D eigenvalue weighted by Gasteiger charge is 2.48. The summed E-state index contributed by atoms with van der Waals surface area (Å²) in [5.74, 6) is 3.61. The molecule has 0 saturated carbocycles. The van der Waals surface area contributed by atoms with Crippen LogP contribution < -0.4 is 30.8 Å². The van der Waals surface area contributed by atoms with Crippen molar-refractivity contribution in [3.8, 4) is 45.3 Å². The zero-order chi connectivity index (χ0) is 35.3. The summed E-state index contributed by atoms with van der Waals surface area (Å²) in [7, 11) is 0. The average Bonchev–Trinajstić information content (AvgIpc) is 3.44. The largest absolute Gasteiger partial charge is 0.458 e. The second kappa shape index (κ2) is 11.2. The van der Waals surface area contributed by atoms with E-state index in [0.717, 1.165) is 45.5 Å². The lowest BCUT2D eigenvalue weighted by Crippen LogP contribution is -2.57. The zero-order valence-corrected chi connectivity index (χ0v) is 29.5. The van der Waals surface area contributed by atoms with E-state index >= 15 is 0 Å². The molecule has 0 aromatic heterocycles. The topological polar surface area (TPSA) is 21.7 Å². The van der Waals surface area contributed by atoms with Crippen LogP contribution in [0.25, 0.3) is 33.0 Å². The zero-order valence-electron chi connectivity index (χ0n) is 29.5. The summed E-state index contributed by atoms with van der Waals surface area (Å²) in [6, 6.07) is 60.8. The smallest absolute Gasteiger partial charge is 0.260 e. The van der Waals surface area contributed by atoms with Gasteiger partial charge in [-0.15, -0.1) is 0 Å². The van der Waals surface area contributed by atoms with Gasteiger partial charge in [0.15, 0.2) is 0 Å². The van der Waals surface area contributed by atoms with E-state index in [2.05, 4.69) is 189 Å². The number of fused-ring (bicyclic) bond motifs is 10. The van der Waals surface area contributed by atoms with Gasteiger partial charge in [-0.1, -0.05) is 135 Å². The lowest BCUT2D eigenvalue weighted by Gasteiger charge is -2.36. The Kier molecular flexibility index (Phi) is 6.39. The first-order chi connectivity index (χ1) is 26.1. The number of rotatable bonds is 4. The Hall–Kier alpha value is -6.52. The van der Waals surface area contributed by atoms with Crippen molar-refractivity contribution in [1.82, 2.24) is 0 Å². The molecular formula is C49H34BNO2. The van der Waals surface area contributed by atoms with Gasteiger partial charge in [-0.05, 0) is 92.7 Å². The Labute approximate surface area is 309 Å². The van der Waals surface area contributed by atoms with Crippen molar-refractivity contribution in [3.63, 3.8) is 0 Å². The van der Waals surface area contributed by atoms with Crippen LogP contribution in [0, 0.1) is 0 Å². The van der Waals surface area contributed by atoms with Gasteiger partial charge < -0.3 is 14.4 Å². The molecular weight excluding hydrogens is 645 g/mol. The number of nitrogens with zero attached hydrogens (tertiary/aromatic N) is 1. The third-order valence-corrected chi connectivity index (χ3v) is 11.5. The maximum Gasteiger partial charge on any atom is 0.260 e. The summed E-state index contributed by atoms with van der Waals surface area (Å²) in [6.45, 7) is 4.74. The van der Waals surface area contributed by atoms with E-state index in [9.17, 15) is 0 Å². The minimum Gasteiger partial charge on any atom is -0.458 e. The standard InChI is InChI=1S/C49H34BNO2/c1-49(2)38-30-41(51(33-19-7-4-8-20-33)34-21-15-18-32(28-34)31-16-5-3-6-17-31)35-22-9-10-23-36(35)45(38)37-29-44-47-48(46(37)49)53-43-27-14-12-25-40(43)50(47)39-24-11-13-26-42(39)52-44/h3-30H,1-2H3. The fourth-order valence-corrected chi connectivity index (χ4v) is 9.18. The molecule has 2 aliphatic heterocycles. The SMILES string of the molecule is CC1(C)c2cc(N(c3ccccc3)c3cccc(-c4ccccc4)c3)c3ccccc3c2-c2cc3c4c(c21)Oc1ccccc1B4c1ccccc1O3. The van der Waals surface area contributed by atoms with Gasteiger partial charge >= 0.3 is 0 Å². The van der Waals surface area contributed by atoms with Crippen LogP contribution in [0.1, 0.15) is 25.0 Å². The molecule has 0 fully saturated rings. The molecule has 8 aromatic rings. The lowest BCUT2D eigenvalue weighted by molar-refractivity contribution is 0.453. The lowest BCUT2D eigenvalue weighted by atomic mass is 9.34. The third-order valence-electron chi connectivity index (χ3n) is 11.5. The first-order valence-electron chi connectivity index (χ1n) is 18.4. The summed E-state index contributed by atoms with van der Waals surface area (Å²) in [5, 5.41) is 2.40. The van der Waals surface area contributed by atoms with Crippen LogP contribution in [0.15, 0.2) is 170 Å². The monoisotopic (exact) mass is 679 g/mol. The molecule has 0 amide bonds. The van der Waals surface area contributed by atoms with Gasteiger partial charge in [0.05, 0.1) is 5.69 Å². The van der Waals surface area contributed by atoms with Crippen molar-refractivity contribution < 1.29 is 9.47 Å². The first kappa shape index (κ1) is 30.1. The Morgan fingerprint density at radius 3 is 1.87 bits per heavy atom. The van der Waals surface area contributed by atoms with E-state index in [1.54, 1.807) is 0 Å². The molecule has 0 spiro atoms. The number of hydrogen-bond donors (Lipinski definition) is 0. The van der Waals surface area contributed by atoms with Crippen molar-refractivity contribution in [1.29, 1.82) is 0 Å². The fourth-order valence-electron chi connectivity index (χ4n) is 9.18. The number of hydrogen-bond acceptors (Lipinski definition) is 3. The Morgan fingerprint density at radius 2 is 1.11 bits per heavy atom.